The van der Waals surface area contributed by atoms with Crippen LogP contribution >= 0.6 is 15.9 Å². The van der Waals surface area contributed by atoms with Crippen LogP contribution in [-0.2, 0) is 9.53 Å². The number of carbonyl (C=O) groups is 1. The summed E-state index contributed by atoms with van der Waals surface area (Å²) in [6.45, 7) is 4.00. The van der Waals surface area contributed by atoms with E-state index in [-0.39, 0.29) is 20.7 Å². The van der Waals surface area contributed by atoms with Gasteiger partial charge in [-0.05, 0) is 0 Å². The van der Waals surface area contributed by atoms with Gasteiger partial charge in [-0.1, -0.05) is 13.8 Å². The molecule has 2 aliphatic rings. The van der Waals surface area contributed by atoms with Crippen molar-refractivity contribution < 1.29 is 23.4 Å². The second kappa shape index (κ2) is 10.5. The van der Waals surface area contributed by atoms with Crippen molar-refractivity contribution in [3.8, 4) is 0 Å². The number of methoxy groups -OCH3 is 1. The Hall–Kier alpha value is -0.461. The molecule has 0 spiro atoms. The SMILES string of the molecule is CC.COC(=O)C1=C/C/C(Br)=C(/C2(O)CCCCC2)[Se][NH2+]/C=C\1F. The second-order valence-corrected chi connectivity index (χ2v) is 8.29. The van der Waals surface area contributed by atoms with E-state index < -0.39 is 17.4 Å². The number of aliphatic hydroxyl groups is 1. The molecule has 0 atom stereocenters. The van der Waals surface area contributed by atoms with E-state index in [1.54, 1.807) is 4.33 Å². The van der Waals surface area contributed by atoms with Crippen molar-refractivity contribution in [2.24, 2.45) is 0 Å². The molecule has 1 heterocycles. The maximum absolute atomic E-state index is 14.1. The molecular formula is C17H26BrFNO3Se+. The number of carbonyl (C=O) groups excluding carboxylic acids is 1. The standard InChI is InChI=1S/C15H19BrFNO3Se.C2H6/c1-21-14(19)10-5-6-11(16)13(22-18-9-12(10)17)15(20)7-3-2-4-8-15;1-2/h5,9,18,20H,2-4,6-8H2,1H3;1-2H3/p+1/b10-5+,12-9+,13-11+;. The zero-order valence-corrected chi connectivity index (χ0v) is 17.7. The number of allylic oxidation sites excluding steroid dienone is 2. The van der Waals surface area contributed by atoms with Crippen LogP contribution in [0.15, 0.2) is 32.6 Å². The molecule has 24 heavy (non-hydrogen) atoms. The van der Waals surface area contributed by atoms with Crippen LogP contribution in [0, 0.1) is 0 Å². The Balaban J connectivity index is 0.00000139. The minimum atomic E-state index is -0.804. The first-order chi connectivity index (χ1) is 11.5. The first-order valence-electron chi connectivity index (χ1n) is 8.24. The monoisotopic (exact) mass is 470 g/mol. The third-order valence-electron chi connectivity index (χ3n) is 3.90. The number of halogens is 2. The van der Waals surface area contributed by atoms with E-state index in [1.807, 2.05) is 13.8 Å². The van der Waals surface area contributed by atoms with Crippen molar-refractivity contribution in [3.05, 3.63) is 32.6 Å². The molecule has 0 saturated heterocycles. The Morgan fingerprint density at radius 2 is 2.00 bits per heavy atom. The maximum atomic E-state index is 14.1. The summed E-state index contributed by atoms with van der Waals surface area (Å²) in [5, 5.41) is 10.9. The van der Waals surface area contributed by atoms with Crippen LogP contribution in [0.1, 0.15) is 52.4 Å². The van der Waals surface area contributed by atoms with Gasteiger partial charge in [0.05, 0.1) is 0 Å². The Labute approximate surface area is 158 Å². The molecule has 1 saturated carbocycles. The molecule has 0 amide bonds. The molecule has 136 valence electrons. The summed E-state index contributed by atoms with van der Waals surface area (Å²) < 4.78 is 22.2. The molecule has 1 aliphatic heterocycles. The molecule has 1 aliphatic carbocycles. The van der Waals surface area contributed by atoms with E-state index in [9.17, 15) is 14.3 Å². The third kappa shape index (κ3) is 5.53. The van der Waals surface area contributed by atoms with Crippen LogP contribution in [0.2, 0.25) is 0 Å². The molecular weight excluding hydrogens is 444 g/mol. The van der Waals surface area contributed by atoms with Gasteiger partial charge in [-0.3, -0.25) is 0 Å². The van der Waals surface area contributed by atoms with Crippen molar-refractivity contribution in [2.75, 3.05) is 7.11 Å². The third-order valence-corrected chi connectivity index (χ3v) is 7.59. The topological polar surface area (TPSA) is 63.1 Å². The normalized spacial score (nSPS) is 28.6. The summed E-state index contributed by atoms with van der Waals surface area (Å²) in [4.78, 5) is 11.6. The van der Waals surface area contributed by atoms with E-state index in [2.05, 4.69) is 20.7 Å². The number of quaternary nitrogens is 1. The molecule has 0 aromatic carbocycles. The van der Waals surface area contributed by atoms with Crippen LogP contribution < -0.4 is 4.33 Å². The summed E-state index contributed by atoms with van der Waals surface area (Å²) in [5.74, 6) is -1.28. The van der Waals surface area contributed by atoms with Crippen molar-refractivity contribution in [3.63, 3.8) is 0 Å². The zero-order chi connectivity index (χ0) is 18.2. The average Bonchev–Trinajstić information content (AvgIpc) is 2.67. The molecule has 0 radical (unpaired) electrons. The molecule has 0 unspecified atom stereocenters. The van der Waals surface area contributed by atoms with E-state index in [1.165, 1.54) is 19.4 Å². The van der Waals surface area contributed by atoms with Gasteiger partial charge in [0.2, 0.25) is 0 Å². The summed E-state index contributed by atoms with van der Waals surface area (Å²) in [5.41, 5.74) is -0.870. The number of nitrogens with two attached hydrogens (primary N) is 1. The Kier molecular flexibility index (Phi) is 9.45. The van der Waals surface area contributed by atoms with E-state index >= 15 is 0 Å². The quantitative estimate of drug-likeness (QED) is 0.482. The van der Waals surface area contributed by atoms with E-state index in [4.69, 9.17) is 0 Å². The molecule has 1 fully saturated rings. The molecule has 0 aromatic rings. The van der Waals surface area contributed by atoms with Crippen LogP contribution in [0.3, 0.4) is 0 Å². The van der Waals surface area contributed by atoms with Gasteiger partial charge in [0, 0.05) is 0 Å². The van der Waals surface area contributed by atoms with Crippen LogP contribution in [0.4, 0.5) is 4.39 Å². The molecule has 7 heteroatoms. The number of rotatable bonds is 2. The van der Waals surface area contributed by atoms with Gasteiger partial charge in [0.1, 0.15) is 0 Å². The van der Waals surface area contributed by atoms with Gasteiger partial charge in [-0.25, -0.2) is 0 Å². The molecule has 4 nitrogen and oxygen atoms in total. The fourth-order valence-electron chi connectivity index (χ4n) is 2.71. The summed E-state index contributed by atoms with van der Waals surface area (Å²) in [7, 11) is 1.23. The minimum absolute atomic E-state index is 0.0663. The number of hydrogen-bond donors (Lipinski definition) is 2. The van der Waals surface area contributed by atoms with E-state index in [0.717, 1.165) is 41.1 Å². The zero-order valence-electron chi connectivity index (χ0n) is 14.4. The second-order valence-electron chi connectivity index (χ2n) is 5.41. The Morgan fingerprint density at radius 3 is 2.58 bits per heavy atom. The van der Waals surface area contributed by atoms with Crippen LogP contribution in [-0.4, -0.2) is 39.0 Å². The van der Waals surface area contributed by atoms with Crippen LogP contribution in [0.5, 0.6) is 0 Å². The summed E-state index contributed by atoms with van der Waals surface area (Å²) >= 11 is 3.37. The Bertz CT molecular complexity index is 540. The van der Waals surface area contributed by atoms with Gasteiger partial charge in [0.15, 0.2) is 0 Å². The van der Waals surface area contributed by atoms with Crippen LogP contribution in [0.25, 0.3) is 0 Å². The van der Waals surface area contributed by atoms with Crippen molar-refractivity contribution in [1.29, 1.82) is 0 Å². The first-order valence-corrected chi connectivity index (χ1v) is 10.9. The first kappa shape index (κ1) is 21.6. The molecule has 3 N–H and O–H groups in total. The number of hydrogen-bond acceptors (Lipinski definition) is 3. The van der Waals surface area contributed by atoms with Gasteiger partial charge in [-0.15, -0.1) is 0 Å². The van der Waals surface area contributed by atoms with Gasteiger partial charge in [0.25, 0.3) is 0 Å². The average molecular weight is 470 g/mol. The van der Waals surface area contributed by atoms with Crippen molar-refractivity contribution >= 4 is 37.1 Å². The predicted molar refractivity (Wildman–Crippen MR) is 96.9 cm³/mol. The fraction of sp³-hybridized carbons (Fsp3) is 0.588. The molecule has 2 rings (SSSR count). The van der Waals surface area contributed by atoms with Gasteiger partial charge in [-0.2, -0.15) is 0 Å². The molecule has 0 aromatic heterocycles. The molecule has 0 bridgehead atoms. The predicted octanol–water partition coefficient (Wildman–Crippen LogP) is 2.81. The van der Waals surface area contributed by atoms with Gasteiger partial charge >= 0.3 is 144 Å². The summed E-state index contributed by atoms with van der Waals surface area (Å²) in [6, 6.07) is 0. The summed E-state index contributed by atoms with van der Waals surface area (Å²) in [6.07, 6.45) is 7.83. The van der Waals surface area contributed by atoms with Crippen molar-refractivity contribution in [1.82, 2.24) is 0 Å². The number of esters is 1. The fourth-order valence-corrected chi connectivity index (χ4v) is 5.74. The number of ether oxygens (including phenoxy) is 1. The Morgan fingerprint density at radius 1 is 1.38 bits per heavy atom. The van der Waals surface area contributed by atoms with Gasteiger partial charge < -0.3 is 0 Å². The van der Waals surface area contributed by atoms with E-state index in [0.29, 0.717) is 6.42 Å². The van der Waals surface area contributed by atoms with Crippen molar-refractivity contribution in [2.45, 2.75) is 58.0 Å².